The Morgan fingerprint density at radius 1 is 1.53 bits per heavy atom. The van der Waals surface area contributed by atoms with Crippen LogP contribution in [0.3, 0.4) is 0 Å². The minimum atomic E-state index is -0.399. The summed E-state index contributed by atoms with van der Waals surface area (Å²) in [5.74, 6) is 0.193. The van der Waals surface area contributed by atoms with Crippen LogP contribution in [0.1, 0.15) is 16.8 Å². The first-order chi connectivity index (χ1) is 8.27. The summed E-state index contributed by atoms with van der Waals surface area (Å²) in [5.41, 5.74) is 8.52. The molecule has 1 rings (SSSR count). The van der Waals surface area contributed by atoms with E-state index in [0.717, 1.165) is 0 Å². The van der Waals surface area contributed by atoms with Crippen molar-refractivity contribution >= 4 is 5.97 Å². The number of esters is 1. The Labute approximate surface area is 98.8 Å². The molecule has 6 heteroatoms. The van der Waals surface area contributed by atoms with Gasteiger partial charge in [0.1, 0.15) is 5.75 Å². The van der Waals surface area contributed by atoms with E-state index in [0.29, 0.717) is 30.9 Å². The van der Waals surface area contributed by atoms with Gasteiger partial charge in [0.15, 0.2) is 0 Å². The molecule has 1 aromatic carbocycles. The second-order valence-electron chi connectivity index (χ2n) is 3.18. The van der Waals surface area contributed by atoms with Crippen LogP contribution < -0.4 is 4.74 Å². The van der Waals surface area contributed by atoms with Crippen LogP contribution in [-0.2, 0) is 4.74 Å². The Kier molecular flexibility index (Phi) is 5.40. The Morgan fingerprint density at radius 3 is 3.06 bits per heavy atom. The average Bonchev–Trinajstić information content (AvgIpc) is 2.38. The van der Waals surface area contributed by atoms with E-state index in [1.54, 1.807) is 24.3 Å². The van der Waals surface area contributed by atoms with Gasteiger partial charge in [-0.2, -0.15) is 0 Å². The average molecular weight is 235 g/mol. The molecule has 0 saturated carbocycles. The summed E-state index contributed by atoms with van der Waals surface area (Å²) in [6, 6.07) is 6.73. The fourth-order valence-electron chi connectivity index (χ4n) is 1.20. The predicted molar refractivity (Wildman–Crippen MR) is 61.9 cm³/mol. The second kappa shape index (κ2) is 7.14. The van der Waals surface area contributed by atoms with Gasteiger partial charge in [0.2, 0.25) is 0 Å². The van der Waals surface area contributed by atoms with Crippen molar-refractivity contribution in [3.63, 3.8) is 0 Å². The van der Waals surface area contributed by atoms with Gasteiger partial charge in [-0.1, -0.05) is 11.2 Å². The Balaban J connectivity index is 2.48. The number of benzene rings is 1. The zero-order chi connectivity index (χ0) is 12.5. The first-order valence-corrected chi connectivity index (χ1v) is 5.10. The quantitative estimate of drug-likeness (QED) is 0.249. The molecule has 17 heavy (non-hydrogen) atoms. The lowest BCUT2D eigenvalue weighted by atomic mass is 10.2. The highest BCUT2D eigenvalue weighted by molar-refractivity contribution is 5.89. The lowest BCUT2D eigenvalue weighted by Gasteiger charge is -2.06. The lowest BCUT2D eigenvalue weighted by Crippen LogP contribution is -2.03. The molecule has 0 unspecified atom stereocenters. The summed E-state index contributed by atoms with van der Waals surface area (Å²) in [6.07, 6.45) is 0.631. The number of azide groups is 1. The maximum absolute atomic E-state index is 11.2. The Hall–Kier alpha value is -2.20. The summed E-state index contributed by atoms with van der Waals surface area (Å²) in [4.78, 5) is 13.9. The van der Waals surface area contributed by atoms with E-state index in [1.807, 2.05) is 0 Å². The summed E-state index contributed by atoms with van der Waals surface area (Å²) >= 11 is 0. The van der Waals surface area contributed by atoms with Crippen molar-refractivity contribution in [1.29, 1.82) is 0 Å². The number of rotatable bonds is 6. The highest BCUT2D eigenvalue weighted by Gasteiger charge is 2.05. The van der Waals surface area contributed by atoms with Crippen LogP contribution in [0.25, 0.3) is 10.4 Å². The van der Waals surface area contributed by atoms with E-state index in [4.69, 9.17) is 10.3 Å². The van der Waals surface area contributed by atoms with E-state index >= 15 is 0 Å². The third kappa shape index (κ3) is 4.44. The van der Waals surface area contributed by atoms with Crippen LogP contribution in [0.5, 0.6) is 5.75 Å². The smallest absolute Gasteiger partial charge is 0.337 e. The van der Waals surface area contributed by atoms with Gasteiger partial charge in [0, 0.05) is 11.5 Å². The molecule has 0 spiro atoms. The van der Waals surface area contributed by atoms with Gasteiger partial charge >= 0.3 is 5.97 Å². The maximum atomic E-state index is 11.2. The number of methoxy groups -OCH3 is 1. The number of nitrogens with zero attached hydrogens (tertiary/aromatic N) is 3. The molecule has 6 nitrogen and oxygen atoms in total. The number of hydrogen-bond donors (Lipinski definition) is 0. The second-order valence-corrected chi connectivity index (χ2v) is 3.18. The SMILES string of the molecule is COC(=O)c1cccc(OCCCN=[N+]=[N-])c1. The first kappa shape index (κ1) is 12.9. The van der Waals surface area contributed by atoms with Gasteiger partial charge in [-0.25, -0.2) is 4.79 Å². The monoisotopic (exact) mass is 235 g/mol. The Morgan fingerprint density at radius 2 is 2.35 bits per heavy atom. The van der Waals surface area contributed by atoms with Crippen molar-refractivity contribution in [2.75, 3.05) is 20.3 Å². The fraction of sp³-hybridized carbons (Fsp3) is 0.364. The summed E-state index contributed by atoms with van der Waals surface area (Å²) in [5, 5.41) is 3.39. The minimum absolute atomic E-state index is 0.396. The molecular weight excluding hydrogens is 222 g/mol. The van der Waals surface area contributed by atoms with E-state index in [2.05, 4.69) is 14.8 Å². The molecule has 0 heterocycles. The molecule has 0 radical (unpaired) electrons. The number of ether oxygens (including phenoxy) is 2. The van der Waals surface area contributed by atoms with E-state index < -0.39 is 5.97 Å². The first-order valence-electron chi connectivity index (χ1n) is 5.10. The highest BCUT2D eigenvalue weighted by atomic mass is 16.5. The topological polar surface area (TPSA) is 84.3 Å². The number of carbonyl (C=O) groups excluding carboxylic acids is 1. The lowest BCUT2D eigenvalue weighted by molar-refractivity contribution is 0.0600. The van der Waals surface area contributed by atoms with Crippen LogP contribution in [0.4, 0.5) is 0 Å². The van der Waals surface area contributed by atoms with Gasteiger partial charge < -0.3 is 9.47 Å². The van der Waals surface area contributed by atoms with Gasteiger partial charge in [-0.3, -0.25) is 0 Å². The fourth-order valence-corrected chi connectivity index (χ4v) is 1.20. The zero-order valence-electron chi connectivity index (χ0n) is 9.50. The maximum Gasteiger partial charge on any atom is 0.337 e. The van der Waals surface area contributed by atoms with Gasteiger partial charge in [-0.05, 0) is 30.2 Å². The molecule has 0 aliphatic carbocycles. The van der Waals surface area contributed by atoms with Crippen LogP contribution in [0.2, 0.25) is 0 Å². The largest absolute Gasteiger partial charge is 0.494 e. The van der Waals surface area contributed by atoms with Crippen molar-refractivity contribution in [2.45, 2.75) is 6.42 Å². The van der Waals surface area contributed by atoms with Crippen LogP contribution in [-0.4, -0.2) is 26.2 Å². The van der Waals surface area contributed by atoms with Crippen molar-refractivity contribution in [1.82, 2.24) is 0 Å². The standard InChI is InChI=1S/C11H13N3O3/c1-16-11(15)9-4-2-5-10(8-9)17-7-3-6-13-14-12/h2,4-5,8H,3,6-7H2,1H3. The normalized spacial score (nSPS) is 9.24. The summed E-state index contributed by atoms with van der Waals surface area (Å²) in [6.45, 7) is 0.830. The molecule has 0 bridgehead atoms. The highest BCUT2D eigenvalue weighted by Crippen LogP contribution is 2.14. The van der Waals surface area contributed by atoms with Gasteiger partial charge in [0.05, 0.1) is 19.3 Å². The predicted octanol–water partition coefficient (Wildman–Crippen LogP) is 2.55. The van der Waals surface area contributed by atoms with Crippen LogP contribution in [0.15, 0.2) is 29.4 Å². The molecule has 0 saturated heterocycles. The van der Waals surface area contributed by atoms with Crippen molar-refractivity contribution < 1.29 is 14.3 Å². The summed E-state index contributed by atoms with van der Waals surface area (Å²) < 4.78 is 10.00. The molecule has 0 amide bonds. The molecule has 0 aromatic heterocycles. The van der Waals surface area contributed by atoms with E-state index in [-0.39, 0.29) is 0 Å². The van der Waals surface area contributed by atoms with Crippen molar-refractivity contribution in [2.24, 2.45) is 5.11 Å². The van der Waals surface area contributed by atoms with Crippen LogP contribution >= 0.6 is 0 Å². The number of carbonyl (C=O) groups is 1. The van der Waals surface area contributed by atoms with E-state index in [1.165, 1.54) is 7.11 Å². The van der Waals surface area contributed by atoms with Gasteiger partial charge in [0.25, 0.3) is 0 Å². The zero-order valence-corrected chi connectivity index (χ0v) is 9.50. The number of hydrogen-bond acceptors (Lipinski definition) is 4. The minimum Gasteiger partial charge on any atom is -0.494 e. The molecule has 0 fully saturated rings. The summed E-state index contributed by atoms with van der Waals surface area (Å²) in [7, 11) is 1.33. The molecule has 0 N–H and O–H groups in total. The molecule has 1 aromatic rings. The van der Waals surface area contributed by atoms with Crippen LogP contribution in [0, 0.1) is 0 Å². The van der Waals surface area contributed by atoms with E-state index in [9.17, 15) is 4.79 Å². The van der Waals surface area contributed by atoms with Crippen molar-refractivity contribution in [3.05, 3.63) is 40.3 Å². The Bertz CT molecular complexity index is 428. The molecule has 90 valence electrons. The molecular formula is C11H13N3O3. The molecule has 0 aliphatic rings. The van der Waals surface area contributed by atoms with Gasteiger partial charge in [-0.15, -0.1) is 0 Å². The molecule has 0 aliphatic heterocycles. The third-order valence-corrected chi connectivity index (χ3v) is 1.99. The third-order valence-electron chi connectivity index (χ3n) is 1.99. The molecule has 0 atom stereocenters. The van der Waals surface area contributed by atoms with Crippen molar-refractivity contribution in [3.8, 4) is 5.75 Å².